The number of hydrogen-bond acceptors (Lipinski definition) is 6. The van der Waals surface area contributed by atoms with Crippen LogP contribution in [0.3, 0.4) is 0 Å². The molecule has 4 aromatic carbocycles. The van der Waals surface area contributed by atoms with Crippen molar-refractivity contribution in [2.24, 2.45) is 0 Å². The number of benzene rings is 4. The first-order chi connectivity index (χ1) is 29.0. The number of rotatable bonds is 8. The minimum Gasteiger partial charge on any atom is -0.478 e. The molecule has 12 nitrogen and oxygen atoms in total. The predicted molar refractivity (Wildman–Crippen MR) is 230 cm³/mol. The van der Waals surface area contributed by atoms with Crippen LogP contribution in [0.15, 0.2) is 121 Å². The van der Waals surface area contributed by atoms with Gasteiger partial charge in [-0.3, -0.25) is 0 Å². The second-order valence-electron chi connectivity index (χ2n) is 14.0. The van der Waals surface area contributed by atoms with E-state index in [1.165, 1.54) is 48.5 Å². The van der Waals surface area contributed by atoms with E-state index in [0.29, 0.717) is 89.4 Å². The van der Waals surface area contributed by atoms with E-state index in [-0.39, 0.29) is 44.1 Å². The molecule has 3 aromatic heterocycles. The Morgan fingerprint density at radius 3 is 0.721 bits per heavy atom. The Morgan fingerprint density at radius 1 is 0.344 bits per heavy atom. The van der Waals surface area contributed by atoms with Crippen LogP contribution < -0.4 is 0 Å². The number of carboxylic acid groups (broad SMARTS) is 4. The third-order valence-corrected chi connectivity index (χ3v) is 10.4. The van der Waals surface area contributed by atoms with Gasteiger partial charge in [0.15, 0.2) is 0 Å². The molecule has 0 fully saturated rings. The molecule has 2 aliphatic rings. The summed E-state index contributed by atoms with van der Waals surface area (Å²) in [5.41, 5.74) is 10.7. The molecule has 8 bridgehead atoms. The first kappa shape index (κ1) is 39.8. The number of carboxylic acids is 4. The van der Waals surface area contributed by atoms with Crippen LogP contribution in [0.5, 0.6) is 0 Å². The zero-order valence-corrected chi connectivity index (χ0v) is 33.0. The van der Waals surface area contributed by atoms with Gasteiger partial charge in [-0.2, -0.15) is 0 Å². The average molecular weight is 898 g/mol. The molecular formula is C48H31N4O8Pd+. The number of nitrogens with zero attached hydrogens (tertiary/aromatic N) is 2. The molecule has 0 spiro atoms. The zero-order chi connectivity index (χ0) is 41.7. The number of nitrogens with one attached hydrogen (secondary N) is 2. The molecule has 0 saturated heterocycles. The Bertz CT molecular complexity index is 2770. The number of hydrogen-bond donors (Lipinski definition) is 6. The van der Waals surface area contributed by atoms with Crippen molar-refractivity contribution in [1.29, 1.82) is 0 Å². The summed E-state index contributed by atoms with van der Waals surface area (Å²) in [4.78, 5) is 64.8. The van der Waals surface area contributed by atoms with Gasteiger partial charge in [0.2, 0.25) is 0 Å². The largest absolute Gasteiger partial charge is 1.00 e. The molecule has 7 aromatic rings. The SMILES string of the molecule is O=C(O)c1ccc(-c2c3nc(c(-c4ccc(C(=O)O)cc4)c4ccc([nH]4)c(-c4ccc(C(=O)O)cc4)c4nc(c(-c5ccc(C(=O)O)cc5)c5ccc2[nH]5)C=C4)C=C3)cc1.[H+].[Pd]. The fourth-order valence-corrected chi connectivity index (χ4v) is 7.54. The molecule has 300 valence electrons. The van der Waals surface area contributed by atoms with Crippen molar-refractivity contribution < 1.29 is 61.5 Å². The van der Waals surface area contributed by atoms with Crippen LogP contribution in [0.4, 0.5) is 0 Å². The van der Waals surface area contributed by atoms with E-state index in [2.05, 4.69) is 9.97 Å². The first-order valence-electron chi connectivity index (χ1n) is 18.5. The second-order valence-corrected chi connectivity index (χ2v) is 14.0. The maximum atomic E-state index is 11.8. The fourth-order valence-electron chi connectivity index (χ4n) is 7.54. The van der Waals surface area contributed by atoms with E-state index in [4.69, 9.17) is 9.97 Å². The molecule has 0 atom stereocenters. The van der Waals surface area contributed by atoms with Gasteiger partial charge in [-0.1, -0.05) is 48.5 Å². The van der Waals surface area contributed by atoms with Crippen molar-refractivity contribution in [2.45, 2.75) is 0 Å². The molecular weight excluding hydrogens is 867 g/mol. The predicted octanol–water partition coefficient (Wildman–Crippen LogP) is 10.2. The standard InChI is InChI=1S/C48H30N4O8.Pd/c53-45(54)29-9-1-25(2-10-29)41-33-17-19-35(49-33)42(26-3-11-30(12-4-26)46(55)56)37-21-23-39(51-37)44(28-7-15-32(16-8-28)48(59)60)40-24-22-38(52-40)43(36-20-18-34(41)50-36)27-5-13-31(14-6-27)47(57)58;/h1-24,49,52H,(H,53,54)(H,55,56)(H,57,58)(H,59,60);/p+1. The quantitative estimate of drug-likeness (QED) is 0.0796. The first-order valence-corrected chi connectivity index (χ1v) is 18.5. The van der Waals surface area contributed by atoms with Crippen molar-refractivity contribution in [1.82, 2.24) is 19.9 Å². The number of aromatic amines is 2. The minimum absolute atomic E-state index is 0. The number of aromatic nitrogens is 4. The normalized spacial score (nSPS) is 11.5. The third-order valence-electron chi connectivity index (χ3n) is 10.4. The van der Waals surface area contributed by atoms with Crippen molar-refractivity contribution in [2.75, 3.05) is 0 Å². The molecule has 9 rings (SSSR count). The van der Waals surface area contributed by atoms with Gasteiger partial charge in [-0.05, 0) is 119 Å². The van der Waals surface area contributed by atoms with Crippen molar-refractivity contribution in [3.05, 3.63) is 166 Å². The van der Waals surface area contributed by atoms with E-state index in [9.17, 15) is 39.6 Å². The van der Waals surface area contributed by atoms with Crippen molar-refractivity contribution in [3.8, 4) is 44.5 Å². The summed E-state index contributed by atoms with van der Waals surface area (Å²) in [6, 6.07) is 33.6. The number of carbonyl (C=O) groups is 4. The summed E-state index contributed by atoms with van der Waals surface area (Å²) in [6.45, 7) is 0. The summed E-state index contributed by atoms with van der Waals surface area (Å²) in [5, 5.41) is 38.7. The molecule has 0 amide bonds. The van der Waals surface area contributed by atoms with Gasteiger partial charge < -0.3 is 30.4 Å². The molecule has 13 heteroatoms. The van der Waals surface area contributed by atoms with Crippen molar-refractivity contribution in [3.63, 3.8) is 0 Å². The van der Waals surface area contributed by atoms with Crippen LogP contribution >= 0.6 is 0 Å². The number of aromatic carboxylic acids is 4. The summed E-state index contributed by atoms with van der Waals surface area (Å²) >= 11 is 0. The minimum atomic E-state index is -1.06. The molecule has 2 aliphatic heterocycles. The summed E-state index contributed by atoms with van der Waals surface area (Å²) in [5.74, 6) is -4.25. The van der Waals surface area contributed by atoms with Crippen LogP contribution in [0, 0.1) is 0 Å². The Kier molecular flexibility index (Phi) is 10.4. The maximum Gasteiger partial charge on any atom is 1.00 e. The van der Waals surface area contributed by atoms with Crippen LogP contribution in [0.1, 0.15) is 65.6 Å². The number of fused-ring (bicyclic) bond motifs is 8. The molecule has 61 heavy (non-hydrogen) atoms. The monoisotopic (exact) mass is 897 g/mol. The maximum absolute atomic E-state index is 11.8. The molecule has 0 saturated carbocycles. The van der Waals surface area contributed by atoms with Crippen LogP contribution in [0.2, 0.25) is 0 Å². The summed E-state index contributed by atoms with van der Waals surface area (Å²) in [7, 11) is 0. The summed E-state index contributed by atoms with van der Waals surface area (Å²) in [6.07, 6.45) is 7.47. The van der Waals surface area contributed by atoms with Gasteiger partial charge >= 0.3 is 25.3 Å². The summed E-state index contributed by atoms with van der Waals surface area (Å²) < 4.78 is 0. The molecule has 0 unspecified atom stereocenters. The molecule has 5 heterocycles. The Balaban J connectivity index is 0.00000289. The fraction of sp³-hybridized carbons (Fsp3) is 0. The van der Waals surface area contributed by atoms with Gasteiger partial charge in [-0.25, -0.2) is 29.1 Å². The second kappa shape index (κ2) is 16.0. The Hall–Kier alpha value is -7.98. The van der Waals surface area contributed by atoms with E-state index in [1.54, 1.807) is 48.5 Å². The van der Waals surface area contributed by atoms with Crippen LogP contribution in [-0.4, -0.2) is 64.2 Å². The van der Waals surface area contributed by atoms with Crippen LogP contribution in [0.25, 0.3) is 90.9 Å². The van der Waals surface area contributed by atoms with Gasteiger partial charge in [-0.15, -0.1) is 0 Å². The topological polar surface area (TPSA) is 207 Å². The Morgan fingerprint density at radius 2 is 0.541 bits per heavy atom. The molecule has 0 radical (unpaired) electrons. The molecule has 0 aliphatic carbocycles. The van der Waals surface area contributed by atoms with E-state index >= 15 is 0 Å². The smallest absolute Gasteiger partial charge is 0.478 e. The van der Waals surface area contributed by atoms with Gasteiger partial charge in [0.25, 0.3) is 0 Å². The van der Waals surface area contributed by atoms with Crippen LogP contribution in [-0.2, 0) is 20.4 Å². The Labute approximate surface area is 361 Å². The average Bonchev–Trinajstić information content (AvgIpc) is 4.10. The molecule has 6 N–H and O–H groups in total. The van der Waals surface area contributed by atoms with E-state index < -0.39 is 23.9 Å². The number of H-pyrrole nitrogens is 2. The van der Waals surface area contributed by atoms with E-state index in [0.717, 1.165) is 0 Å². The van der Waals surface area contributed by atoms with Crippen molar-refractivity contribution >= 4 is 70.2 Å². The van der Waals surface area contributed by atoms with E-state index in [1.807, 2.05) is 48.6 Å². The zero-order valence-electron chi connectivity index (χ0n) is 32.5. The third kappa shape index (κ3) is 7.47. The van der Waals surface area contributed by atoms with Gasteiger partial charge in [0.05, 0.1) is 45.0 Å². The van der Waals surface area contributed by atoms with Gasteiger partial charge in [0.1, 0.15) is 0 Å². The van der Waals surface area contributed by atoms with Gasteiger partial charge in [0, 0.05) is 64.7 Å².